The smallest absolute Gasteiger partial charge is 0.216 e. The molecule has 9 heteroatoms. The molecule has 1 aromatic heterocycles. The Morgan fingerprint density at radius 1 is 1.28 bits per heavy atom. The van der Waals surface area contributed by atoms with Crippen LogP contribution in [0.25, 0.3) is 0 Å². The topological polar surface area (TPSA) is 82.9 Å². The highest BCUT2D eigenvalue weighted by Crippen LogP contribution is 2.37. The van der Waals surface area contributed by atoms with Crippen molar-refractivity contribution in [1.29, 1.82) is 0 Å². The van der Waals surface area contributed by atoms with E-state index in [1.807, 2.05) is 0 Å². The lowest BCUT2D eigenvalue weighted by Gasteiger charge is -2.12. The van der Waals surface area contributed by atoms with Crippen molar-refractivity contribution < 1.29 is 18.9 Å². The summed E-state index contributed by atoms with van der Waals surface area (Å²) in [5.74, 6) is 2.31. The fraction of sp³-hybridized carbons (Fsp3) is 0.438. The molecule has 0 amide bonds. The van der Waals surface area contributed by atoms with E-state index in [2.05, 4.69) is 15.3 Å². The number of ether oxygens (including phenoxy) is 4. The van der Waals surface area contributed by atoms with Crippen molar-refractivity contribution in [2.75, 3.05) is 27.9 Å². The zero-order valence-corrected chi connectivity index (χ0v) is 15.1. The molecule has 1 saturated heterocycles. The quantitative estimate of drug-likeness (QED) is 0.627. The van der Waals surface area contributed by atoms with Gasteiger partial charge in [0, 0.05) is 12.2 Å². The molecule has 0 unspecified atom stereocenters. The number of hydrogen-bond donors (Lipinski definition) is 1. The highest BCUT2D eigenvalue weighted by Gasteiger charge is 2.23. The average molecular weight is 364 g/mol. The molecule has 1 aliphatic rings. The number of nitrogens with zero attached hydrogens (tertiary/aromatic N) is 3. The normalized spacial score (nSPS) is 17.2. The first kappa shape index (κ1) is 17.4. The molecule has 0 spiro atoms. The molecule has 1 atom stereocenters. The lowest BCUT2D eigenvalue weighted by Crippen LogP contribution is -2.05. The monoisotopic (exact) mass is 364 g/mol. The standard InChI is InChI=1S/C16H20N4O4S/c1-21-12-7-10(8-13(22-2)14(12)23-3)9-17-20-15(18-19-16(20)25)11-5-4-6-24-11/h7-9,11H,4-6H2,1-3H3,(H,19,25)/b17-9-/t11-/m1/s1. The fourth-order valence-corrected chi connectivity index (χ4v) is 2.89. The van der Waals surface area contributed by atoms with Crippen LogP contribution in [0, 0.1) is 4.77 Å². The maximum Gasteiger partial charge on any atom is 0.216 e. The highest BCUT2D eigenvalue weighted by molar-refractivity contribution is 7.71. The van der Waals surface area contributed by atoms with Crippen LogP contribution in [0.4, 0.5) is 0 Å². The Hall–Kier alpha value is -2.39. The molecule has 2 aromatic rings. The van der Waals surface area contributed by atoms with E-state index in [9.17, 15) is 0 Å². The Labute approximate surface area is 150 Å². The number of aromatic amines is 1. The van der Waals surface area contributed by atoms with Crippen LogP contribution in [0.15, 0.2) is 17.2 Å². The molecule has 0 saturated carbocycles. The molecule has 1 aromatic carbocycles. The van der Waals surface area contributed by atoms with Gasteiger partial charge < -0.3 is 18.9 Å². The predicted octanol–water partition coefficient (Wildman–Crippen LogP) is 2.70. The number of methoxy groups -OCH3 is 3. The number of nitrogens with one attached hydrogen (secondary N) is 1. The van der Waals surface area contributed by atoms with Gasteiger partial charge in [-0.25, -0.2) is 0 Å². The van der Waals surface area contributed by atoms with Crippen molar-refractivity contribution in [2.45, 2.75) is 18.9 Å². The Morgan fingerprint density at radius 2 is 2.00 bits per heavy atom. The summed E-state index contributed by atoms with van der Waals surface area (Å²) in [7, 11) is 4.70. The maximum atomic E-state index is 5.67. The molecule has 0 radical (unpaired) electrons. The summed E-state index contributed by atoms with van der Waals surface area (Å²) in [6, 6.07) is 3.61. The van der Waals surface area contributed by atoms with Crippen molar-refractivity contribution in [2.24, 2.45) is 5.10 Å². The van der Waals surface area contributed by atoms with Crippen molar-refractivity contribution in [3.63, 3.8) is 0 Å². The molecule has 0 aliphatic carbocycles. The van der Waals surface area contributed by atoms with Gasteiger partial charge in [-0.1, -0.05) is 0 Å². The molecule has 8 nitrogen and oxygen atoms in total. The Kier molecular flexibility index (Phi) is 5.34. The van der Waals surface area contributed by atoms with Crippen LogP contribution < -0.4 is 14.2 Å². The first-order valence-corrected chi connectivity index (χ1v) is 8.22. The van der Waals surface area contributed by atoms with Crippen LogP contribution in [0.3, 0.4) is 0 Å². The SMILES string of the molecule is COc1cc(/C=N\n2c([C@H]3CCCO3)n[nH]c2=S)cc(OC)c1OC. The molecule has 3 rings (SSSR count). The van der Waals surface area contributed by atoms with E-state index in [-0.39, 0.29) is 6.10 Å². The second-order valence-electron chi connectivity index (χ2n) is 5.40. The molecule has 1 N–H and O–H groups in total. The number of rotatable bonds is 6. The van der Waals surface area contributed by atoms with Gasteiger partial charge in [-0.15, -0.1) is 0 Å². The molecule has 134 valence electrons. The molecule has 2 heterocycles. The minimum absolute atomic E-state index is 0.0926. The summed E-state index contributed by atoms with van der Waals surface area (Å²) in [6.45, 7) is 0.723. The molecular weight excluding hydrogens is 344 g/mol. The molecular formula is C16H20N4O4S. The van der Waals surface area contributed by atoms with Crippen LogP contribution in [0.1, 0.15) is 30.3 Å². The van der Waals surface area contributed by atoms with Crippen molar-refractivity contribution in [3.05, 3.63) is 28.3 Å². The third-order valence-corrected chi connectivity index (χ3v) is 4.17. The van der Waals surface area contributed by atoms with Crippen molar-refractivity contribution in [3.8, 4) is 17.2 Å². The van der Waals surface area contributed by atoms with Crippen LogP contribution >= 0.6 is 12.2 Å². The van der Waals surface area contributed by atoms with E-state index in [1.165, 1.54) is 0 Å². The zero-order valence-electron chi connectivity index (χ0n) is 14.3. The van der Waals surface area contributed by atoms with Crippen LogP contribution in [0.5, 0.6) is 17.2 Å². The van der Waals surface area contributed by atoms with E-state index in [1.54, 1.807) is 44.4 Å². The minimum Gasteiger partial charge on any atom is -0.493 e. The van der Waals surface area contributed by atoms with Crippen molar-refractivity contribution >= 4 is 18.4 Å². The van der Waals surface area contributed by atoms with E-state index in [4.69, 9.17) is 31.2 Å². The summed E-state index contributed by atoms with van der Waals surface area (Å²) in [4.78, 5) is 0. The summed E-state index contributed by atoms with van der Waals surface area (Å²) in [6.07, 6.45) is 3.47. The van der Waals surface area contributed by atoms with E-state index in [0.717, 1.165) is 25.0 Å². The number of H-pyrrole nitrogens is 1. The summed E-state index contributed by atoms with van der Waals surface area (Å²) in [5, 5.41) is 11.5. The fourth-order valence-electron chi connectivity index (χ4n) is 2.71. The lowest BCUT2D eigenvalue weighted by molar-refractivity contribution is 0.102. The van der Waals surface area contributed by atoms with Gasteiger partial charge in [-0.05, 0) is 37.2 Å². The Bertz CT molecular complexity index is 799. The Morgan fingerprint density at radius 3 is 2.56 bits per heavy atom. The van der Waals surface area contributed by atoms with Gasteiger partial charge >= 0.3 is 0 Å². The largest absolute Gasteiger partial charge is 0.493 e. The Balaban J connectivity index is 1.95. The third-order valence-electron chi connectivity index (χ3n) is 3.90. The van der Waals surface area contributed by atoms with Crippen LogP contribution in [-0.2, 0) is 4.74 Å². The van der Waals surface area contributed by atoms with Gasteiger partial charge in [-0.2, -0.15) is 14.9 Å². The van der Waals surface area contributed by atoms with E-state index in [0.29, 0.717) is 27.8 Å². The van der Waals surface area contributed by atoms with Gasteiger partial charge in [0.15, 0.2) is 17.3 Å². The van der Waals surface area contributed by atoms with Crippen molar-refractivity contribution in [1.82, 2.24) is 14.9 Å². The predicted molar refractivity (Wildman–Crippen MR) is 94.4 cm³/mol. The van der Waals surface area contributed by atoms with E-state index < -0.39 is 0 Å². The van der Waals surface area contributed by atoms with Crippen LogP contribution in [-0.4, -0.2) is 49.0 Å². The third kappa shape index (κ3) is 3.52. The number of aromatic nitrogens is 3. The molecule has 0 bridgehead atoms. The second-order valence-corrected chi connectivity index (χ2v) is 5.79. The van der Waals surface area contributed by atoms with Gasteiger partial charge in [-0.3, -0.25) is 5.10 Å². The minimum atomic E-state index is -0.0926. The zero-order chi connectivity index (χ0) is 17.8. The first-order chi connectivity index (χ1) is 12.2. The van der Waals surface area contributed by atoms with Crippen LogP contribution in [0.2, 0.25) is 0 Å². The number of hydrogen-bond acceptors (Lipinski definition) is 7. The second kappa shape index (κ2) is 7.66. The average Bonchev–Trinajstić information content (AvgIpc) is 3.28. The lowest BCUT2D eigenvalue weighted by atomic mass is 10.2. The van der Waals surface area contributed by atoms with Gasteiger partial charge in [0.2, 0.25) is 10.5 Å². The summed E-state index contributed by atoms with van der Waals surface area (Å²) in [5.41, 5.74) is 0.774. The van der Waals surface area contributed by atoms with Gasteiger partial charge in [0.25, 0.3) is 0 Å². The summed E-state index contributed by atoms with van der Waals surface area (Å²) < 4.78 is 23.7. The van der Waals surface area contributed by atoms with E-state index >= 15 is 0 Å². The van der Waals surface area contributed by atoms with Gasteiger partial charge in [0.05, 0.1) is 27.5 Å². The molecule has 25 heavy (non-hydrogen) atoms. The van der Waals surface area contributed by atoms with Gasteiger partial charge in [0.1, 0.15) is 6.10 Å². The first-order valence-electron chi connectivity index (χ1n) is 7.81. The maximum absolute atomic E-state index is 5.67. The highest BCUT2D eigenvalue weighted by atomic mass is 32.1. The summed E-state index contributed by atoms with van der Waals surface area (Å²) >= 11 is 5.27. The molecule has 1 fully saturated rings. The molecule has 1 aliphatic heterocycles. The number of benzene rings is 1.